The molecule has 0 atom stereocenters. The van der Waals surface area contributed by atoms with Crippen molar-refractivity contribution in [2.75, 3.05) is 5.32 Å². The van der Waals surface area contributed by atoms with Crippen LogP contribution in [0.5, 0.6) is 0 Å². The second-order valence-electron chi connectivity index (χ2n) is 3.77. The van der Waals surface area contributed by atoms with Gasteiger partial charge in [-0.25, -0.2) is 4.99 Å². The third-order valence-corrected chi connectivity index (χ3v) is 2.34. The van der Waals surface area contributed by atoms with E-state index in [1.807, 2.05) is 30.3 Å². The van der Waals surface area contributed by atoms with E-state index >= 15 is 0 Å². The number of nitrogens with zero attached hydrogens (tertiary/aromatic N) is 2. The minimum Gasteiger partial charge on any atom is -0.369 e. The van der Waals surface area contributed by atoms with Crippen molar-refractivity contribution in [1.29, 1.82) is 0 Å². The third-order valence-electron chi connectivity index (χ3n) is 2.34. The molecule has 0 aliphatic carbocycles. The predicted molar refractivity (Wildman–Crippen MR) is 74.4 cm³/mol. The molecule has 2 aromatic rings. The highest BCUT2D eigenvalue weighted by Crippen LogP contribution is 2.17. The summed E-state index contributed by atoms with van der Waals surface area (Å²) in [5.74, 6) is 0.173. The van der Waals surface area contributed by atoms with Gasteiger partial charge in [-0.15, -0.1) is 0 Å². The molecule has 0 spiro atoms. The van der Waals surface area contributed by atoms with Gasteiger partial charge in [0.05, 0.1) is 10.6 Å². The van der Waals surface area contributed by atoms with Crippen molar-refractivity contribution in [2.45, 2.75) is 0 Å². The van der Waals surface area contributed by atoms with Gasteiger partial charge in [0.15, 0.2) is 5.96 Å². The number of anilines is 1. The fraction of sp³-hybridized carbons (Fsp3) is 0. The maximum Gasteiger partial charge on any atom is 0.271 e. The number of para-hydroxylation sites is 1. The van der Waals surface area contributed by atoms with Gasteiger partial charge in [-0.3, -0.25) is 10.1 Å². The summed E-state index contributed by atoms with van der Waals surface area (Å²) in [6, 6.07) is 15.3. The van der Waals surface area contributed by atoms with Crippen LogP contribution in [0.4, 0.5) is 17.1 Å². The van der Waals surface area contributed by atoms with Gasteiger partial charge in [0, 0.05) is 17.8 Å². The van der Waals surface area contributed by atoms with Crippen LogP contribution in [-0.4, -0.2) is 10.9 Å². The average molecular weight is 256 g/mol. The van der Waals surface area contributed by atoms with Crippen LogP contribution in [0.15, 0.2) is 59.6 Å². The highest BCUT2D eigenvalue weighted by molar-refractivity contribution is 5.94. The van der Waals surface area contributed by atoms with Crippen molar-refractivity contribution in [3.05, 3.63) is 64.7 Å². The molecule has 2 aromatic carbocycles. The van der Waals surface area contributed by atoms with Crippen molar-refractivity contribution in [1.82, 2.24) is 0 Å². The van der Waals surface area contributed by atoms with Crippen molar-refractivity contribution in [2.24, 2.45) is 10.7 Å². The van der Waals surface area contributed by atoms with E-state index in [0.29, 0.717) is 11.4 Å². The molecule has 0 aliphatic heterocycles. The Hall–Kier alpha value is -2.89. The minimum absolute atomic E-state index is 0.00230. The minimum atomic E-state index is -0.463. The Morgan fingerprint density at radius 1 is 1.16 bits per heavy atom. The normalized spacial score (nSPS) is 11.1. The Morgan fingerprint density at radius 2 is 1.89 bits per heavy atom. The molecule has 0 heterocycles. The second kappa shape index (κ2) is 5.63. The molecule has 96 valence electrons. The lowest BCUT2D eigenvalue weighted by Gasteiger charge is -2.05. The van der Waals surface area contributed by atoms with Crippen LogP contribution in [0.25, 0.3) is 0 Å². The topological polar surface area (TPSA) is 93.5 Å². The second-order valence-corrected chi connectivity index (χ2v) is 3.77. The third kappa shape index (κ3) is 3.53. The van der Waals surface area contributed by atoms with Crippen molar-refractivity contribution in [3.8, 4) is 0 Å². The lowest BCUT2D eigenvalue weighted by molar-refractivity contribution is -0.384. The van der Waals surface area contributed by atoms with E-state index in [2.05, 4.69) is 10.3 Å². The quantitative estimate of drug-likeness (QED) is 0.382. The van der Waals surface area contributed by atoms with Gasteiger partial charge in [-0.1, -0.05) is 24.3 Å². The Labute approximate surface area is 109 Å². The number of non-ortho nitro benzene ring substituents is 1. The first kappa shape index (κ1) is 12.6. The van der Waals surface area contributed by atoms with Gasteiger partial charge in [-0.05, 0) is 18.2 Å². The molecular weight excluding hydrogens is 244 g/mol. The van der Waals surface area contributed by atoms with E-state index in [1.54, 1.807) is 12.1 Å². The Bertz CT molecular complexity index is 611. The molecule has 6 nitrogen and oxygen atoms in total. The monoisotopic (exact) mass is 256 g/mol. The molecule has 0 aromatic heterocycles. The van der Waals surface area contributed by atoms with E-state index in [0.717, 1.165) is 0 Å². The number of hydrogen-bond acceptors (Lipinski definition) is 3. The van der Waals surface area contributed by atoms with Gasteiger partial charge in [0.1, 0.15) is 0 Å². The van der Waals surface area contributed by atoms with Crippen LogP contribution in [-0.2, 0) is 0 Å². The maximum absolute atomic E-state index is 10.6. The Morgan fingerprint density at radius 3 is 2.58 bits per heavy atom. The summed E-state index contributed by atoms with van der Waals surface area (Å²) in [6.07, 6.45) is 0. The molecule has 0 saturated carbocycles. The highest BCUT2D eigenvalue weighted by Gasteiger charge is 2.05. The van der Waals surface area contributed by atoms with E-state index in [-0.39, 0.29) is 11.6 Å². The first-order chi connectivity index (χ1) is 9.15. The number of nitrogens with one attached hydrogen (secondary N) is 1. The summed E-state index contributed by atoms with van der Waals surface area (Å²) < 4.78 is 0. The number of nitrogens with two attached hydrogens (primary N) is 1. The smallest absolute Gasteiger partial charge is 0.271 e. The SMILES string of the molecule is NC(=Nc1ccccc1)Nc1cccc([N+](=O)[O-])c1. The van der Waals surface area contributed by atoms with Crippen LogP contribution < -0.4 is 11.1 Å². The van der Waals surface area contributed by atoms with Gasteiger partial charge in [0.25, 0.3) is 5.69 Å². The number of aliphatic imine (C=N–C) groups is 1. The number of guanidine groups is 1. The number of benzene rings is 2. The van der Waals surface area contributed by atoms with Crippen LogP contribution in [0, 0.1) is 10.1 Å². The molecule has 6 heteroatoms. The number of hydrogen-bond donors (Lipinski definition) is 2. The predicted octanol–water partition coefficient (Wildman–Crippen LogP) is 2.65. The molecule has 0 unspecified atom stereocenters. The van der Waals surface area contributed by atoms with Crippen molar-refractivity contribution >= 4 is 23.0 Å². The lowest BCUT2D eigenvalue weighted by atomic mass is 10.3. The van der Waals surface area contributed by atoms with E-state index in [9.17, 15) is 10.1 Å². The zero-order valence-electron chi connectivity index (χ0n) is 9.98. The fourth-order valence-electron chi connectivity index (χ4n) is 1.51. The van der Waals surface area contributed by atoms with Gasteiger partial charge >= 0.3 is 0 Å². The summed E-state index contributed by atoms with van der Waals surface area (Å²) in [5.41, 5.74) is 6.96. The largest absolute Gasteiger partial charge is 0.369 e. The molecule has 0 radical (unpaired) electrons. The Kier molecular flexibility index (Phi) is 3.72. The van der Waals surface area contributed by atoms with Gasteiger partial charge in [-0.2, -0.15) is 0 Å². The van der Waals surface area contributed by atoms with Crippen LogP contribution in [0.1, 0.15) is 0 Å². The molecule has 0 aliphatic rings. The first-order valence-electron chi connectivity index (χ1n) is 5.56. The van der Waals surface area contributed by atoms with Crippen LogP contribution >= 0.6 is 0 Å². The van der Waals surface area contributed by atoms with Gasteiger partial charge in [0.2, 0.25) is 0 Å². The van der Waals surface area contributed by atoms with Crippen LogP contribution in [0.3, 0.4) is 0 Å². The summed E-state index contributed by atoms with van der Waals surface area (Å²) in [4.78, 5) is 14.3. The van der Waals surface area contributed by atoms with E-state index in [1.165, 1.54) is 12.1 Å². The summed E-state index contributed by atoms with van der Waals surface area (Å²) in [5, 5.41) is 13.5. The number of nitro benzene ring substituents is 1. The molecule has 0 amide bonds. The van der Waals surface area contributed by atoms with Crippen molar-refractivity contribution in [3.63, 3.8) is 0 Å². The Balaban J connectivity index is 2.15. The molecule has 3 N–H and O–H groups in total. The molecule has 0 saturated heterocycles. The molecule has 19 heavy (non-hydrogen) atoms. The number of rotatable bonds is 3. The first-order valence-corrected chi connectivity index (χ1v) is 5.56. The zero-order chi connectivity index (χ0) is 13.7. The zero-order valence-corrected chi connectivity index (χ0v) is 9.98. The fourth-order valence-corrected chi connectivity index (χ4v) is 1.51. The standard InChI is InChI=1S/C13H12N4O2/c14-13(15-10-5-2-1-3-6-10)16-11-7-4-8-12(9-11)17(18)19/h1-9H,(H3,14,15,16). The summed E-state index contributed by atoms with van der Waals surface area (Å²) in [7, 11) is 0. The molecule has 0 fully saturated rings. The number of nitro groups is 1. The van der Waals surface area contributed by atoms with Gasteiger partial charge < -0.3 is 11.1 Å². The maximum atomic E-state index is 10.6. The molecule has 0 bridgehead atoms. The highest BCUT2D eigenvalue weighted by atomic mass is 16.6. The van der Waals surface area contributed by atoms with Crippen LogP contribution in [0.2, 0.25) is 0 Å². The van der Waals surface area contributed by atoms with Crippen molar-refractivity contribution < 1.29 is 4.92 Å². The van der Waals surface area contributed by atoms with E-state index in [4.69, 9.17) is 5.73 Å². The lowest BCUT2D eigenvalue weighted by Crippen LogP contribution is -2.21. The molecular formula is C13H12N4O2. The molecule has 2 rings (SSSR count). The average Bonchev–Trinajstić information content (AvgIpc) is 2.40. The summed E-state index contributed by atoms with van der Waals surface area (Å²) in [6.45, 7) is 0. The van der Waals surface area contributed by atoms with E-state index < -0.39 is 4.92 Å². The summed E-state index contributed by atoms with van der Waals surface area (Å²) >= 11 is 0.